The first-order valence-corrected chi connectivity index (χ1v) is 1.03. The Bertz CT molecular complexity index is 45.0. The summed E-state index contributed by atoms with van der Waals surface area (Å²) in [5.74, 6) is 4.45. The smallest absolute Gasteiger partial charge is 0.326 e. The molecule has 0 spiro atoms. The van der Waals surface area contributed by atoms with Gasteiger partial charge in [0.1, 0.15) is 0 Å². The minimum Gasteiger partial charge on any atom is -0.412 e. The van der Waals surface area contributed by atoms with Crippen LogP contribution in [0.15, 0.2) is 0 Å². The first-order valence-electron chi connectivity index (χ1n) is 1.03. The first kappa shape index (κ1) is 16.4. The third-order valence-electron chi connectivity index (χ3n) is 0.142. The fourth-order valence-electron chi connectivity index (χ4n) is 0. The summed E-state index contributed by atoms with van der Waals surface area (Å²) in [5.41, 5.74) is 6.08. The fourth-order valence-corrected chi connectivity index (χ4v) is 0. The van der Waals surface area contributed by atoms with E-state index in [1.54, 1.807) is 5.43 Å². The third-order valence-corrected chi connectivity index (χ3v) is 0.142. The van der Waals surface area contributed by atoms with Gasteiger partial charge in [0, 0.05) is 0 Å². The van der Waals surface area contributed by atoms with Gasteiger partial charge in [-0.2, -0.15) is 0 Å². The van der Waals surface area contributed by atoms with Crippen LogP contribution in [0, 0.1) is 0 Å². The Balaban J connectivity index is -0.0000000800. The number of hydrogen-bond acceptors (Lipinski definition) is 3. The highest BCUT2D eigenvalue weighted by Gasteiger charge is 1.73. The van der Waals surface area contributed by atoms with E-state index in [0.29, 0.717) is 0 Å². The number of hydrazine groups is 1. The molecule has 0 aromatic carbocycles. The van der Waals surface area contributed by atoms with Crippen molar-refractivity contribution in [2.75, 3.05) is 0 Å². The quantitative estimate of drug-likeness (QED) is 0.160. The van der Waals surface area contributed by atoms with Crippen molar-refractivity contribution in [3.05, 3.63) is 0 Å². The molecule has 46 valence electrons. The Labute approximate surface area is 40.7 Å². The molecular formula is CH10N4O2. The van der Waals surface area contributed by atoms with E-state index < -0.39 is 6.03 Å². The lowest BCUT2D eigenvalue weighted by atomic mass is 11.2. The zero-order chi connectivity index (χ0) is 4.28. The number of amides is 2. The molecule has 0 rings (SSSR count). The van der Waals surface area contributed by atoms with E-state index in [4.69, 9.17) is 0 Å². The van der Waals surface area contributed by atoms with Crippen molar-refractivity contribution >= 4 is 6.03 Å². The van der Waals surface area contributed by atoms with Crippen LogP contribution < -0.4 is 23.2 Å². The highest BCUT2D eigenvalue weighted by Crippen LogP contribution is 1.34. The van der Waals surface area contributed by atoms with Crippen LogP contribution in [0.25, 0.3) is 0 Å². The van der Waals surface area contributed by atoms with E-state index in [9.17, 15) is 4.79 Å². The number of carbonyl (C=O) groups excluding carboxylic acids is 1. The second-order valence-corrected chi connectivity index (χ2v) is 0.509. The van der Waals surface area contributed by atoms with Crippen molar-refractivity contribution in [1.29, 1.82) is 0 Å². The fraction of sp³-hybridized carbons (Fsp3) is 0. The van der Waals surface area contributed by atoms with E-state index in [0.717, 1.165) is 0 Å². The second kappa shape index (κ2) is 8.94. The molecule has 0 saturated heterocycles. The highest BCUT2D eigenvalue weighted by atomic mass is 16.2. The Morgan fingerprint density at radius 3 is 1.71 bits per heavy atom. The predicted molar refractivity (Wildman–Crippen MR) is 25.5 cm³/mol. The van der Waals surface area contributed by atoms with E-state index >= 15 is 0 Å². The van der Waals surface area contributed by atoms with Crippen molar-refractivity contribution in [3.63, 3.8) is 0 Å². The Hall–Kier alpha value is -0.850. The molecule has 0 aliphatic carbocycles. The maximum Gasteiger partial charge on any atom is 0.326 e. The average Bonchev–Trinajstić information content (AvgIpc) is 1.38. The summed E-state index contributed by atoms with van der Waals surface area (Å²) in [6, 6.07) is -0.718. The van der Waals surface area contributed by atoms with Crippen LogP contribution >= 0.6 is 0 Å². The monoisotopic (exact) mass is 110 g/mol. The SMILES string of the molecule is N.NNC(N)=O.O. The van der Waals surface area contributed by atoms with Crippen LogP contribution in [0.4, 0.5) is 4.79 Å². The predicted octanol–water partition coefficient (Wildman–Crippen LogP) is -2.13. The van der Waals surface area contributed by atoms with Crippen LogP contribution in [-0.4, -0.2) is 11.5 Å². The van der Waals surface area contributed by atoms with Gasteiger partial charge in [0.25, 0.3) is 0 Å². The number of carbonyl (C=O) groups is 1. The van der Waals surface area contributed by atoms with Gasteiger partial charge in [-0.1, -0.05) is 0 Å². The molecule has 0 aliphatic rings. The van der Waals surface area contributed by atoms with E-state index in [2.05, 4.69) is 11.6 Å². The maximum atomic E-state index is 9.35. The number of nitrogens with two attached hydrogens (primary N) is 2. The molecule has 0 radical (unpaired) electrons. The lowest BCUT2D eigenvalue weighted by Crippen LogP contribution is -2.34. The lowest BCUT2D eigenvalue weighted by Gasteiger charge is -1.81. The van der Waals surface area contributed by atoms with Crippen LogP contribution in [-0.2, 0) is 0 Å². The molecule has 0 aromatic heterocycles. The van der Waals surface area contributed by atoms with Gasteiger partial charge in [-0.3, -0.25) is 5.43 Å². The standard InChI is InChI=1S/CH5N3O.H3N.H2O/c2-1(5)4-3;;/h3H2,(H3,2,4,5);1H3;1H2. The van der Waals surface area contributed by atoms with Gasteiger partial charge >= 0.3 is 6.03 Å². The Morgan fingerprint density at radius 2 is 1.71 bits per heavy atom. The average molecular weight is 110 g/mol. The Morgan fingerprint density at radius 1 is 1.57 bits per heavy atom. The molecule has 0 bridgehead atoms. The van der Waals surface area contributed by atoms with E-state index in [1.807, 2.05) is 0 Å². The van der Waals surface area contributed by atoms with Crippen molar-refractivity contribution in [2.24, 2.45) is 11.6 Å². The molecule has 0 aromatic rings. The summed E-state index contributed by atoms with van der Waals surface area (Å²) in [4.78, 5) is 9.35. The van der Waals surface area contributed by atoms with E-state index in [-0.39, 0.29) is 11.6 Å². The minimum atomic E-state index is -0.718. The Kier molecular flexibility index (Phi) is 21.0. The van der Waals surface area contributed by atoms with Gasteiger partial charge in [-0.25, -0.2) is 10.6 Å². The number of nitrogens with one attached hydrogen (secondary N) is 1. The number of urea groups is 1. The largest absolute Gasteiger partial charge is 0.412 e. The molecule has 10 N–H and O–H groups in total. The third kappa shape index (κ3) is 38.6. The second-order valence-electron chi connectivity index (χ2n) is 0.509. The summed E-state index contributed by atoms with van der Waals surface area (Å²) < 4.78 is 0. The van der Waals surface area contributed by atoms with Crippen molar-refractivity contribution in [2.45, 2.75) is 0 Å². The van der Waals surface area contributed by atoms with Gasteiger partial charge in [0.15, 0.2) is 0 Å². The van der Waals surface area contributed by atoms with Gasteiger partial charge in [0.2, 0.25) is 0 Å². The van der Waals surface area contributed by atoms with Crippen LogP contribution in [0.1, 0.15) is 0 Å². The van der Waals surface area contributed by atoms with Gasteiger partial charge in [-0.05, 0) is 0 Å². The molecule has 0 atom stereocenters. The van der Waals surface area contributed by atoms with E-state index in [1.165, 1.54) is 0 Å². The molecule has 0 aliphatic heterocycles. The van der Waals surface area contributed by atoms with Gasteiger partial charge < -0.3 is 17.4 Å². The summed E-state index contributed by atoms with van der Waals surface area (Å²) in [5, 5.41) is 0. The lowest BCUT2D eigenvalue weighted by molar-refractivity contribution is 0.249. The number of rotatable bonds is 0. The number of primary amides is 1. The summed E-state index contributed by atoms with van der Waals surface area (Å²) in [6.07, 6.45) is 0. The zero-order valence-electron chi connectivity index (χ0n) is 3.77. The molecule has 6 heteroatoms. The summed E-state index contributed by atoms with van der Waals surface area (Å²) >= 11 is 0. The van der Waals surface area contributed by atoms with Gasteiger partial charge in [-0.15, -0.1) is 0 Å². The molecule has 0 fully saturated rings. The van der Waals surface area contributed by atoms with Gasteiger partial charge in [0.05, 0.1) is 0 Å². The molecule has 0 unspecified atom stereocenters. The maximum absolute atomic E-state index is 9.35. The molecule has 6 nitrogen and oxygen atoms in total. The molecular weight excluding hydrogens is 100 g/mol. The molecule has 0 saturated carbocycles. The van der Waals surface area contributed by atoms with Crippen molar-refractivity contribution in [3.8, 4) is 0 Å². The molecule has 0 heterocycles. The van der Waals surface area contributed by atoms with Crippen molar-refractivity contribution in [1.82, 2.24) is 11.6 Å². The summed E-state index contributed by atoms with van der Waals surface area (Å²) in [6.45, 7) is 0. The normalized spacial score (nSPS) is 4.71. The molecule has 7 heavy (non-hydrogen) atoms. The highest BCUT2D eigenvalue weighted by molar-refractivity contribution is 5.70. The van der Waals surface area contributed by atoms with Crippen LogP contribution in [0.3, 0.4) is 0 Å². The molecule has 2 amide bonds. The van der Waals surface area contributed by atoms with Crippen LogP contribution in [0.2, 0.25) is 0 Å². The van der Waals surface area contributed by atoms with Crippen LogP contribution in [0.5, 0.6) is 0 Å². The van der Waals surface area contributed by atoms with Crippen molar-refractivity contribution < 1.29 is 10.3 Å². The zero-order valence-corrected chi connectivity index (χ0v) is 3.77. The number of hydrogen-bond donors (Lipinski definition) is 4. The minimum absolute atomic E-state index is 0. The summed E-state index contributed by atoms with van der Waals surface area (Å²) in [7, 11) is 0. The first-order chi connectivity index (χ1) is 2.27. The topological polar surface area (TPSA) is 148 Å².